The topological polar surface area (TPSA) is 42.4 Å². The molecule has 1 aromatic carbocycles. The van der Waals surface area contributed by atoms with Gasteiger partial charge in [-0.25, -0.2) is 4.98 Å². The Morgan fingerprint density at radius 2 is 2.00 bits per heavy atom. The van der Waals surface area contributed by atoms with Gasteiger partial charge in [-0.15, -0.1) is 0 Å². The normalized spacial score (nSPS) is 15.1. The third-order valence-electron chi connectivity index (χ3n) is 3.56. The highest BCUT2D eigenvalue weighted by atomic mass is 79.9. The molecule has 8 heteroatoms. The first-order valence-corrected chi connectivity index (χ1v) is 7.87. The zero-order valence-electron chi connectivity index (χ0n) is 12.3. The number of likely N-dealkylation sites (tertiary alicyclic amines) is 1. The molecule has 1 fully saturated rings. The standard InChI is InChI=1S/C16H12BrF3N2O2/c17-12-3-1-2-10(6-12)15(23)22-8-13(9-22)24-14-7-11(4-5-21-14)16(18,19)20/h1-7,13H,8-9H2. The SMILES string of the molecule is O=C(c1cccc(Br)c1)N1CC(Oc2cc(C(F)(F)F)ccn2)C1. The van der Waals surface area contributed by atoms with Crippen molar-refractivity contribution in [3.8, 4) is 5.88 Å². The lowest BCUT2D eigenvalue weighted by atomic mass is 10.1. The maximum atomic E-state index is 12.6. The number of amides is 1. The van der Waals surface area contributed by atoms with Crippen LogP contribution in [0.1, 0.15) is 15.9 Å². The Morgan fingerprint density at radius 3 is 2.67 bits per heavy atom. The van der Waals surface area contributed by atoms with E-state index in [1.807, 2.05) is 6.07 Å². The van der Waals surface area contributed by atoms with Crippen molar-refractivity contribution in [1.29, 1.82) is 0 Å². The maximum Gasteiger partial charge on any atom is 0.416 e. The highest BCUT2D eigenvalue weighted by Gasteiger charge is 2.34. The second kappa shape index (κ2) is 6.43. The Balaban J connectivity index is 1.59. The molecular weight excluding hydrogens is 389 g/mol. The van der Waals surface area contributed by atoms with Crippen LogP contribution >= 0.6 is 15.9 Å². The summed E-state index contributed by atoms with van der Waals surface area (Å²) in [5, 5.41) is 0. The molecule has 0 radical (unpaired) electrons. The first-order valence-electron chi connectivity index (χ1n) is 7.07. The minimum Gasteiger partial charge on any atom is -0.471 e. The number of benzene rings is 1. The zero-order valence-corrected chi connectivity index (χ0v) is 13.8. The molecule has 1 aromatic heterocycles. The highest BCUT2D eigenvalue weighted by Crippen LogP contribution is 2.31. The molecular formula is C16H12BrF3N2O2. The van der Waals surface area contributed by atoms with Gasteiger partial charge in [0.05, 0.1) is 18.7 Å². The number of alkyl halides is 3. The van der Waals surface area contributed by atoms with E-state index in [0.717, 1.165) is 22.8 Å². The third-order valence-corrected chi connectivity index (χ3v) is 4.05. The minimum absolute atomic E-state index is 0.0932. The van der Waals surface area contributed by atoms with Crippen LogP contribution in [-0.4, -0.2) is 35.0 Å². The molecule has 0 saturated carbocycles. The summed E-state index contributed by atoms with van der Waals surface area (Å²) in [5.74, 6) is -0.238. The van der Waals surface area contributed by atoms with E-state index in [1.54, 1.807) is 23.1 Å². The van der Waals surface area contributed by atoms with Gasteiger partial charge in [0.1, 0.15) is 6.10 Å². The summed E-state index contributed by atoms with van der Waals surface area (Å²) in [7, 11) is 0. The fourth-order valence-electron chi connectivity index (χ4n) is 2.30. The average molecular weight is 401 g/mol. The van der Waals surface area contributed by atoms with Crippen molar-refractivity contribution < 1.29 is 22.7 Å². The Hall–Kier alpha value is -2.09. The molecule has 2 aromatic rings. The largest absolute Gasteiger partial charge is 0.471 e. The average Bonchev–Trinajstić information content (AvgIpc) is 2.49. The van der Waals surface area contributed by atoms with Crippen molar-refractivity contribution in [2.75, 3.05) is 13.1 Å². The summed E-state index contributed by atoms with van der Waals surface area (Å²) < 4.78 is 44.2. The molecule has 126 valence electrons. The predicted octanol–water partition coefficient (Wildman–Crippen LogP) is 3.77. The predicted molar refractivity (Wildman–Crippen MR) is 83.7 cm³/mol. The second-order valence-corrected chi connectivity index (χ2v) is 6.26. The maximum absolute atomic E-state index is 12.6. The number of hydrogen-bond acceptors (Lipinski definition) is 3. The van der Waals surface area contributed by atoms with E-state index in [4.69, 9.17) is 4.74 Å². The van der Waals surface area contributed by atoms with Crippen molar-refractivity contribution in [3.05, 3.63) is 58.2 Å². The Kier molecular flexibility index (Phi) is 4.49. The molecule has 1 saturated heterocycles. The van der Waals surface area contributed by atoms with Crippen molar-refractivity contribution in [2.24, 2.45) is 0 Å². The lowest BCUT2D eigenvalue weighted by Gasteiger charge is -2.38. The fourth-order valence-corrected chi connectivity index (χ4v) is 2.70. The number of hydrogen-bond donors (Lipinski definition) is 0. The van der Waals surface area contributed by atoms with E-state index in [9.17, 15) is 18.0 Å². The molecule has 3 rings (SSSR count). The number of rotatable bonds is 3. The van der Waals surface area contributed by atoms with Gasteiger partial charge in [-0.3, -0.25) is 4.79 Å². The molecule has 2 heterocycles. The lowest BCUT2D eigenvalue weighted by Crippen LogP contribution is -2.56. The Labute approximate surface area is 144 Å². The van der Waals surface area contributed by atoms with Gasteiger partial charge in [0.25, 0.3) is 5.91 Å². The molecule has 1 aliphatic heterocycles. The highest BCUT2D eigenvalue weighted by molar-refractivity contribution is 9.10. The van der Waals surface area contributed by atoms with E-state index in [2.05, 4.69) is 20.9 Å². The van der Waals surface area contributed by atoms with Gasteiger partial charge in [0.2, 0.25) is 5.88 Å². The summed E-state index contributed by atoms with van der Waals surface area (Å²) in [6, 6.07) is 8.74. The summed E-state index contributed by atoms with van der Waals surface area (Å²) >= 11 is 3.30. The number of aromatic nitrogens is 1. The second-order valence-electron chi connectivity index (χ2n) is 5.34. The molecule has 0 aliphatic carbocycles. The quantitative estimate of drug-likeness (QED) is 0.787. The molecule has 1 aliphatic rings. The van der Waals surface area contributed by atoms with Gasteiger partial charge in [0, 0.05) is 22.3 Å². The van der Waals surface area contributed by atoms with Crippen LogP contribution in [0.2, 0.25) is 0 Å². The van der Waals surface area contributed by atoms with Crippen LogP contribution in [0.4, 0.5) is 13.2 Å². The van der Waals surface area contributed by atoms with E-state index in [1.165, 1.54) is 0 Å². The molecule has 0 spiro atoms. The van der Waals surface area contributed by atoms with Crippen LogP contribution in [0.15, 0.2) is 47.1 Å². The number of carbonyl (C=O) groups is 1. The van der Waals surface area contributed by atoms with Crippen LogP contribution in [0.25, 0.3) is 0 Å². The summed E-state index contributed by atoms with van der Waals surface area (Å²) in [6.45, 7) is 0.618. The van der Waals surface area contributed by atoms with E-state index in [-0.39, 0.29) is 17.9 Å². The molecule has 0 atom stereocenters. The smallest absolute Gasteiger partial charge is 0.416 e. The molecule has 24 heavy (non-hydrogen) atoms. The van der Waals surface area contributed by atoms with Crippen LogP contribution in [0, 0.1) is 0 Å². The minimum atomic E-state index is -4.44. The van der Waals surface area contributed by atoms with Gasteiger partial charge < -0.3 is 9.64 Å². The van der Waals surface area contributed by atoms with Crippen LogP contribution in [0.5, 0.6) is 5.88 Å². The number of pyridine rings is 1. The summed E-state index contributed by atoms with van der Waals surface area (Å²) in [5.41, 5.74) is -0.270. The number of carbonyl (C=O) groups excluding carboxylic acids is 1. The Bertz CT molecular complexity index is 761. The van der Waals surface area contributed by atoms with Crippen LogP contribution in [0.3, 0.4) is 0 Å². The van der Waals surface area contributed by atoms with Crippen molar-refractivity contribution in [3.63, 3.8) is 0 Å². The lowest BCUT2D eigenvalue weighted by molar-refractivity contribution is -0.137. The van der Waals surface area contributed by atoms with Crippen LogP contribution in [-0.2, 0) is 6.18 Å². The number of halogens is 4. The monoisotopic (exact) mass is 400 g/mol. The molecule has 4 nitrogen and oxygen atoms in total. The van der Waals surface area contributed by atoms with Crippen molar-refractivity contribution in [1.82, 2.24) is 9.88 Å². The summed E-state index contributed by atoms with van der Waals surface area (Å²) in [4.78, 5) is 17.6. The van der Waals surface area contributed by atoms with Crippen molar-refractivity contribution in [2.45, 2.75) is 12.3 Å². The molecule has 0 N–H and O–H groups in total. The number of nitrogens with zero attached hydrogens (tertiary/aromatic N) is 2. The van der Waals surface area contributed by atoms with Gasteiger partial charge in [-0.05, 0) is 24.3 Å². The van der Waals surface area contributed by atoms with Crippen molar-refractivity contribution >= 4 is 21.8 Å². The van der Waals surface area contributed by atoms with Gasteiger partial charge in [0.15, 0.2) is 0 Å². The van der Waals surface area contributed by atoms with E-state index >= 15 is 0 Å². The number of ether oxygens (including phenoxy) is 1. The fraction of sp³-hybridized carbons (Fsp3) is 0.250. The third kappa shape index (κ3) is 3.69. The van der Waals surface area contributed by atoms with Gasteiger partial charge >= 0.3 is 6.18 Å². The van der Waals surface area contributed by atoms with Gasteiger partial charge in [-0.2, -0.15) is 13.2 Å². The molecule has 0 bridgehead atoms. The Morgan fingerprint density at radius 1 is 1.25 bits per heavy atom. The first kappa shape index (κ1) is 16.8. The van der Waals surface area contributed by atoms with E-state index < -0.39 is 11.7 Å². The van der Waals surface area contributed by atoms with Crippen LogP contribution < -0.4 is 4.74 Å². The zero-order chi connectivity index (χ0) is 17.3. The van der Waals surface area contributed by atoms with Gasteiger partial charge in [-0.1, -0.05) is 22.0 Å². The first-order chi connectivity index (χ1) is 11.3. The molecule has 0 unspecified atom stereocenters. The van der Waals surface area contributed by atoms with E-state index in [0.29, 0.717) is 18.7 Å². The summed E-state index contributed by atoms with van der Waals surface area (Å²) in [6.07, 6.45) is -3.75. The molecule has 1 amide bonds.